The van der Waals surface area contributed by atoms with E-state index in [2.05, 4.69) is 35.9 Å². The van der Waals surface area contributed by atoms with Gasteiger partial charge in [-0.2, -0.15) is 0 Å². The molecule has 5 heteroatoms. The molecular formula is C21H29N3O2. The predicted octanol–water partition coefficient (Wildman–Crippen LogP) is 2.98. The molecule has 0 unspecified atom stereocenters. The minimum Gasteiger partial charge on any atom is -0.340 e. The fourth-order valence-electron chi connectivity index (χ4n) is 3.57. The van der Waals surface area contributed by atoms with Crippen LogP contribution in [0, 0.1) is 13.8 Å². The molecule has 1 saturated heterocycles. The van der Waals surface area contributed by atoms with Gasteiger partial charge in [-0.15, -0.1) is 0 Å². The van der Waals surface area contributed by atoms with Crippen LogP contribution in [0.15, 0.2) is 23.0 Å². The van der Waals surface area contributed by atoms with Crippen molar-refractivity contribution in [3.63, 3.8) is 0 Å². The Balaban J connectivity index is 1.67. The van der Waals surface area contributed by atoms with Crippen LogP contribution in [0.1, 0.15) is 42.9 Å². The van der Waals surface area contributed by atoms with E-state index in [1.807, 2.05) is 17.9 Å². The number of carbonyl (C=O) groups excluding carboxylic acids is 1. The molecule has 0 radical (unpaired) electrons. The van der Waals surface area contributed by atoms with Gasteiger partial charge >= 0.3 is 0 Å². The van der Waals surface area contributed by atoms with Gasteiger partial charge in [0.2, 0.25) is 5.91 Å². The molecule has 1 aliphatic heterocycles. The van der Waals surface area contributed by atoms with Gasteiger partial charge < -0.3 is 9.88 Å². The maximum absolute atomic E-state index is 12.5. The Morgan fingerprint density at radius 2 is 1.88 bits per heavy atom. The smallest absolute Gasteiger partial charge is 0.252 e. The van der Waals surface area contributed by atoms with E-state index in [-0.39, 0.29) is 11.5 Å². The molecule has 3 rings (SSSR count). The van der Waals surface area contributed by atoms with E-state index in [9.17, 15) is 9.59 Å². The standard InChI is InChI=1S/C21H29N3O2/c1-4-5-6-19(25)24-11-9-23(10-12-24)14-18-13-17-8-7-15(2)16(3)20(17)22-21(18)26/h7-8,13H,4-6,9-12,14H2,1-3H3,(H,22,26). The van der Waals surface area contributed by atoms with Crippen molar-refractivity contribution < 1.29 is 4.79 Å². The number of pyridine rings is 1. The number of fused-ring (bicyclic) bond motifs is 1. The van der Waals surface area contributed by atoms with Gasteiger partial charge in [0, 0.05) is 44.7 Å². The second-order valence-corrected chi connectivity index (χ2v) is 7.36. The average Bonchev–Trinajstić information content (AvgIpc) is 2.65. The Kier molecular flexibility index (Phi) is 5.77. The first-order valence-electron chi connectivity index (χ1n) is 9.62. The highest BCUT2D eigenvalue weighted by molar-refractivity contribution is 5.83. The van der Waals surface area contributed by atoms with Crippen molar-refractivity contribution in [2.24, 2.45) is 0 Å². The largest absolute Gasteiger partial charge is 0.340 e. The third-order valence-corrected chi connectivity index (χ3v) is 5.49. The zero-order valence-electron chi connectivity index (χ0n) is 16.1. The predicted molar refractivity (Wildman–Crippen MR) is 105 cm³/mol. The lowest BCUT2D eigenvalue weighted by Crippen LogP contribution is -2.48. The third kappa shape index (κ3) is 3.98. The SMILES string of the molecule is CCCCC(=O)N1CCN(Cc2cc3ccc(C)c(C)c3[nH]c2=O)CC1. The van der Waals surface area contributed by atoms with Gasteiger partial charge in [-0.1, -0.05) is 25.5 Å². The maximum atomic E-state index is 12.5. The number of unbranched alkanes of at least 4 members (excludes halogenated alkanes) is 1. The Hall–Kier alpha value is -2.14. The number of amides is 1. The van der Waals surface area contributed by atoms with Crippen LogP contribution >= 0.6 is 0 Å². The normalized spacial score (nSPS) is 15.6. The van der Waals surface area contributed by atoms with Crippen LogP contribution in [0.25, 0.3) is 10.9 Å². The quantitative estimate of drug-likeness (QED) is 0.897. The maximum Gasteiger partial charge on any atom is 0.252 e. The molecule has 1 aromatic heterocycles. The first-order chi connectivity index (χ1) is 12.5. The highest BCUT2D eigenvalue weighted by atomic mass is 16.2. The van der Waals surface area contributed by atoms with Crippen LogP contribution in [0.4, 0.5) is 0 Å². The molecular weight excluding hydrogens is 326 g/mol. The zero-order valence-corrected chi connectivity index (χ0v) is 16.1. The summed E-state index contributed by atoms with van der Waals surface area (Å²) in [5, 5.41) is 1.08. The third-order valence-electron chi connectivity index (χ3n) is 5.49. The molecule has 2 aromatic rings. The summed E-state index contributed by atoms with van der Waals surface area (Å²) < 4.78 is 0. The van der Waals surface area contributed by atoms with Crippen LogP contribution in [-0.2, 0) is 11.3 Å². The summed E-state index contributed by atoms with van der Waals surface area (Å²) in [5.74, 6) is 0.265. The molecule has 0 bridgehead atoms. The van der Waals surface area contributed by atoms with Gasteiger partial charge in [-0.3, -0.25) is 14.5 Å². The van der Waals surface area contributed by atoms with Crippen LogP contribution in [0.3, 0.4) is 0 Å². The Labute approximate surface area is 155 Å². The number of H-pyrrole nitrogens is 1. The number of aromatic nitrogens is 1. The highest BCUT2D eigenvalue weighted by Gasteiger charge is 2.21. The molecule has 1 fully saturated rings. The van der Waals surface area contributed by atoms with Gasteiger partial charge in [0.05, 0.1) is 5.52 Å². The van der Waals surface area contributed by atoms with Crippen molar-refractivity contribution in [3.05, 3.63) is 45.2 Å². The number of nitrogens with one attached hydrogen (secondary N) is 1. The van der Waals surface area contributed by atoms with Crippen LogP contribution in [0.2, 0.25) is 0 Å². The number of aryl methyl sites for hydroxylation is 2. The molecule has 0 spiro atoms. The van der Waals surface area contributed by atoms with E-state index in [0.717, 1.165) is 61.1 Å². The van der Waals surface area contributed by atoms with Crippen LogP contribution in [0.5, 0.6) is 0 Å². The number of aromatic amines is 1. The van der Waals surface area contributed by atoms with Gasteiger partial charge in [0.15, 0.2) is 0 Å². The van der Waals surface area contributed by atoms with E-state index in [1.165, 1.54) is 5.56 Å². The van der Waals surface area contributed by atoms with Crippen molar-refractivity contribution in [3.8, 4) is 0 Å². The molecule has 1 amide bonds. The summed E-state index contributed by atoms with van der Waals surface area (Å²) in [4.78, 5) is 31.9. The second-order valence-electron chi connectivity index (χ2n) is 7.36. The fourth-order valence-corrected chi connectivity index (χ4v) is 3.57. The molecule has 0 saturated carbocycles. The summed E-state index contributed by atoms with van der Waals surface area (Å²) in [6.45, 7) is 10.00. The molecule has 140 valence electrons. The van der Waals surface area contributed by atoms with E-state index in [1.54, 1.807) is 0 Å². The zero-order chi connectivity index (χ0) is 18.7. The van der Waals surface area contributed by atoms with Crippen molar-refractivity contribution in [1.29, 1.82) is 0 Å². The van der Waals surface area contributed by atoms with E-state index in [4.69, 9.17) is 0 Å². The number of benzene rings is 1. The monoisotopic (exact) mass is 355 g/mol. The fraction of sp³-hybridized carbons (Fsp3) is 0.524. The van der Waals surface area contributed by atoms with Gasteiger partial charge in [-0.05, 0) is 42.8 Å². The Bertz CT molecular complexity index is 848. The van der Waals surface area contributed by atoms with Gasteiger partial charge in [0.1, 0.15) is 0 Å². The topological polar surface area (TPSA) is 56.4 Å². The summed E-state index contributed by atoms with van der Waals surface area (Å²) in [7, 11) is 0. The summed E-state index contributed by atoms with van der Waals surface area (Å²) in [6.07, 6.45) is 2.67. The summed E-state index contributed by atoms with van der Waals surface area (Å²) in [5.41, 5.74) is 4.04. The lowest BCUT2D eigenvalue weighted by atomic mass is 10.0. The molecule has 1 aliphatic rings. The molecule has 1 aromatic carbocycles. The minimum absolute atomic E-state index is 0.00680. The lowest BCUT2D eigenvalue weighted by Gasteiger charge is -2.34. The Morgan fingerprint density at radius 3 is 2.58 bits per heavy atom. The number of hydrogen-bond donors (Lipinski definition) is 1. The minimum atomic E-state index is -0.00680. The van der Waals surface area contributed by atoms with Crippen LogP contribution < -0.4 is 5.56 Å². The molecule has 1 N–H and O–H groups in total. The van der Waals surface area contributed by atoms with Crippen molar-refractivity contribution in [1.82, 2.24) is 14.8 Å². The summed E-state index contributed by atoms with van der Waals surface area (Å²) >= 11 is 0. The Morgan fingerprint density at radius 1 is 1.15 bits per heavy atom. The average molecular weight is 355 g/mol. The molecule has 2 heterocycles. The number of carbonyl (C=O) groups is 1. The first-order valence-corrected chi connectivity index (χ1v) is 9.62. The molecule has 26 heavy (non-hydrogen) atoms. The lowest BCUT2D eigenvalue weighted by molar-refractivity contribution is -0.133. The summed E-state index contributed by atoms with van der Waals surface area (Å²) in [6, 6.07) is 6.18. The number of nitrogens with zero attached hydrogens (tertiary/aromatic N) is 2. The molecule has 0 atom stereocenters. The van der Waals surface area contributed by atoms with Crippen molar-refractivity contribution in [2.45, 2.75) is 46.6 Å². The highest BCUT2D eigenvalue weighted by Crippen LogP contribution is 2.19. The molecule has 0 aliphatic carbocycles. The second kappa shape index (κ2) is 8.04. The first kappa shape index (κ1) is 18.6. The van der Waals surface area contributed by atoms with Gasteiger partial charge in [-0.25, -0.2) is 0 Å². The van der Waals surface area contributed by atoms with Crippen molar-refractivity contribution in [2.75, 3.05) is 26.2 Å². The van der Waals surface area contributed by atoms with E-state index in [0.29, 0.717) is 13.0 Å². The van der Waals surface area contributed by atoms with Crippen molar-refractivity contribution >= 4 is 16.8 Å². The number of hydrogen-bond acceptors (Lipinski definition) is 3. The van der Waals surface area contributed by atoms with E-state index >= 15 is 0 Å². The molecule has 5 nitrogen and oxygen atoms in total. The number of piperazine rings is 1. The van der Waals surface area contributed by atoms with E-state index < -0.39 is 0 Å². The number of rotatable bonds is 5. The van der Waals surface area contributed by atoms with Crippen LogP contribution in [-0.4, -0.2) is 46.9 Å². The van der Waals surface area contributed by atoms with Gasteiger partial charge in [0.25, 0.3) is 5.56 Å².